The third-order valence-corrected chi connectivity index (χ3v) is 6.65. The van der Waals surface area contributed by atoms with Crippen molar-refractivity contribution in [2.75, 3.05) is 0 Å². The van der Waals surface area contributed by atoms with Crippen LogP contribution in [0.3, 0.4) is 0 Å². The third kappa shape index (κ3) is 4.28. The van der Waals surface area contributed by atoms with Crippen LogP contribution in [0.2, 0.25) is 0 Å². The molecule has 2 rings (SSSR count). The van der Waals surface area contributed by atoms with E-state index in [-0.39, 0.29) is 17.5 Å². The van der Waals surface area contributed by atoms with Crippen molar-refractivity contribution in [1.29, 1.82) is 0 Å². The van der Waals surface area contributed by atoms with E-state index < -0.39 is 10.0 Å². The van der Waals surface area contributed by atoms with Gasteiger partial charge in [-0.05, 0) is 52.4 Å². The summed E-state index contributed by atoms with van der Waals surface area (Å²) in [7, 11) is -3.53. The first-order valence-corrected chi connectivity index (χ1v) is 9.65. The van der Waals surface area contributed by atoms with Crippen LogP contribution in [-0.2, 0) is 16.6 Å². The van der Waals surface area contributed by atoms with Gasteiger partial charge in [-0.1, -0.05) is 32.3 Å². The van der Waals surface area contributed by atoms with E-state index in [9.17, 15) is 8.42 Å². The summed E-state index contributed by atoms with van der Waals surface area (Å²) in [6.07, 6.45) is 5.21. The standard InChI is InChI=1S/C15H22BrNO3S/c1-2-11-4-3-5-13(8-11)17-21(19,20)15-7-6-12(10-18)9-14(15)16/h6-7,9,11,13,17-18H,2-5,8,10H2,1H3. The molecule has 0 saturated heterocycles. The first kappa shape index (κ1) is 16.9. The van der Waals surface area contributed by atoms with Crippen LogP contribution >= 0.6 is 15.9 Å². The summed E-state index contributed by atoms with van der Waals surface area (Å²) in [4.78, 5) is 0.235. The van der Waals surface area contributed by atoms with Crippen molar-refractivity contribution in [3.63, 3.8) is 0 Å². The van der Waals surface area contributed by atoms with Crippen molar-refractivity contribution in [3.8, 4) is 0 Å². The van der Waals surface area contributed by atoms with E-state index >= 15 is 0 Å². The minimum Gasteiger partial charge on any atom is -0.392 e. The largest absolute Gasteiger partial charge is 0.392 e. The molecule has 1 aromatic rings. The number of aliphatic hydroxyl groups is 1. The summed E-state index contributed by atoms with van der Waals surface area (Å²) in [5.41, 5.74) is 0.685. The Kier molecular flexibility index (Phi) is 5.82. The Morgan fingerprint density at radius 3 is 2.76 bits per heavy atom. The SMILES string of the molecule is CCC1CCCC(NS(=O)(=O)c2ccc(CO)cc2Br)C1. The maximum absolute atomic E-state index is 12.5. The zero-order chi connectivity index (χ0) is 15.5. The Hall–Kier alpha value is -0.430. The van der Waals surface area contributed by atoms with Gasteiger partial charge in [0.2, 0.25) is 10.0 Å². The Balaban J connectivity index is 2.14. The van der Waals surface area contributed by atoms with Gasteiger partial charge in [0.1, 0.15) is 0 Å². The molecular formula is C15H22BrNO3S. The van der Waals surface area contributed by atoms with Gasteiger partial charge in [-0.15, -0.1) is 0 Å². The molecule has 1 aromatic carbocycles. The van der Waals surface area contributed by atoms with Gasteiger partial charge in [0.15, 0.2) is 0 Å². The normalized spacial score (nSPS) is 23.2. The van der Waals surface area contributed by atoms with Gasteiger partial charge in [0, 0.05) is 10.5 Å². The van der Waals surface area contributed by atoms with Gasteiger partial charge in [-0.25, -0.2) is 13.1 Å². The molecule has 4 nitrogen and oxygen atoms in total. The number of benzene rings is 1. The van der Waals surface area contributed by atoms with Crippen molar-refractivity contribution in [1.82, 2.24) is 4.72 Å². The number of hydrogen-bond acceptors (Lipinski definition) is 3. The molecule has 1 aliphatic carbocycles. The van der Waals surface area contributed by atoms with Crippen LogP contribution in [0.25, 0.3) is 0 Å². The number of halogens is 1. The fourth-order valence-electron chi connectivity index (χ4n) is 2.91. The topological polar surface area (TPSA) is 66.4 Å². The number of rotatable bonds is 5. The van der Waals surface area contributed by atoms with Crippen molar-refractivity contribution in [3.05, 3.63) is 28.2 Å². The van der Waals surface area contributed by atoms with Crippen LogP contribution in [0.4, 0.5) is 0 Å². The van der Waals surface area contributed by atoms with Gasteiger partial charge in [-0.3, -0.25) is 0 Å². The van der Waals surface area contributed by atoms with Gasteiger partial charge >= 0.3 is 0 Å². The lowest BCUT2D eigenvalue weighted by molar-refractivity contribution is 0.281. The highest BCUT2D eigenvalue weighted by atomic mass is 79.9. The van der Waals surface area contributed by atoms with E-state index in [4.69, 9.17) is 5.11 Å². The molecule has 1 fully saturated rings. The summed E-state index contributed by atoms with van der Waals surface area (Å²) in [6.45, 7) is 2.05. The summed E-state index contributed by atoms with van der Waals surface area (Å²) < 4.78 is 28.3. The van der Waals surface area contributed by atoms with Crippen molar-refractivity contribution in [2.45, 2.75) is 56.6 Å². The molecule has 1 saturated carbocycles. The number of sulfonamides is 1. The fourth-order valence-corrected chi connectivity index (χ4v) is 5.32. The van der Waals surface area contributed by atoms with E-state index in [1.807, 2.05) is 0 Å². The van der Waals surface area contributed by atoms with Crippen LogP contribution in [0.5, 0.6) is 0 Å². The lowest BCUT2D eigenvalue weighted by Crippen LogP contribution is -2.38. The monoisotopic (exact) mass is 375 g/mol. The first-order chi connectivity index (χ1) is 9.96. The summed E-state index contributed by atoms with van der Waals surface area (Å²) >= 11 is 3.28. The average molecular weight is 376 g/mol. The van der Waals surface area contributed by atoms with Gasteiger partial charge in [0.25, 0.3) is 0 Å². The second-order valence-corrected chi connectivity index (χ2v) is 8.22. The molecule has 0 aromatic heterocycles. The highest BCUT2D eigenvalue weighted by Crippen LogP contribution is 2.29. The van der Waals surface area contributed by atoms with Crippen molar-refractivity contribution in [2.24, 2.45) is 5.92 Å². The Morgan fingerprint density at radius 1 is 1.38 bits per heavy atom. The van der Waals surface area contributed by atoms with Crippen LogP contribution in [-0.4, -0.2) is 19.6 Å². The lowest BCUT2D eigenvalue weighted by atomic mass is 9.85. The number of nitrogens with one attached hydrogen (secondary N) is 1. The molecule has 0 aliphatic heterocycles. The molecule has 0 amide bonds. The molecule has 0 radical (unpaired) electrons. The highest BCUT2D eigenvalue weighted by Gasteiger charge is 2.26. The van der Waals surface area contributed by atoms with Gasteiger partial charge in [-0.2, -0.15) is 0 Å². The Bertz CT molecular complexity index is 589. The second-order valence-electron chi connectivity index (χ2n) is 5.68. The average Bonchev–Trinajstić information content (AvgIpc) is 2.46. The molecule has 0 heterocycles. The first-order valence-electron chi connectivity index (χ1n) is 7.38. The molecule has 0 spiro atoms. The summed E-state index contributed by atoms with van der Waals surface area (Å²) in [6, 6.07) is 4.84. The highest BCUT2D eigenvalue weighted by molar-refractivity contribution is 9.10. The zero-order valence-corrected chi connectivity index (χ0v) is 14.6. The quantitative estimate of drug-likeness (QED) is 0.830. The van der Waals surface area contributed by atoms with E-state index in [0.717, 1.165) is 25.7 Å². The van der Waals surface area contributed by atoms with E-state index in [2.05, 4.69) is 27.6 Å². The zero-order valence-electron chi connectivity index (χ0n) is 12.2. The number of aliphatic hydroxyl groups excluding tert-OH is 1. The maximum atomic E-state index is 12.5. The molecule has 2 unspecified atom stereocenters. The minimum atomic E-state index is -3.53. The fraction of sp³-hybridized carbons (Fsp3) is 0.600. The molecule has 118 valence electrons. The van der Waals surface area contributed by atoms with Crippen LogP contribution in [0, 0.1) is 5.92 Å². The molecule has 2 N–H and O–H groups in total. The predicted octanol–water partition coefficient (Wildman–Crippen LogP) is 3.19. The van der Waals surface area contributed by atoms with E-state index in [1.165, 1.54) is 12.5 Å². The van der Waals surface area contributed by atoms with Crippen LogP contribution < -0.4 is 4.72 Å². The smallest absolute Gasteiger partial charge is 0.241 e. The summed E-state index contributed by atoms with van der Waals surface area (Å²) in [5, 5.41) is 9.09. The minimum absolute atomic E-state index is 0.0260. The van der Waals surface area contributed by atoms with Gasteiger partial charge in [0.05, 0.1) is 11.5 Å². The molecule has 2 atom stereocenters. The Labute approximate surface area is 135 Å². The second kappa shape index (κ2) is 7.22. The molecule has 1 aliphatic rings. The molecule has 6 heteroatoms. The van der Waals surface area contributed by atoms with E-state index in [0.29, 0.717) is 16.0 Å². The lowest BCUT2D eigenvalue weighted by Gasteiger charge is -2.29. The van der Waals surface area contributed by atoms with Crippen molar-refractivity contribution < 1.29 is 13.5 Å². The molecule has 0 bridgehead atoms. The van der Waals surface area contributed by atoms with E-state index in [1.54, 1.807) is 12.1 Å². The maximum Gasteiger partial charge on any atom is 0.241 e. The van der Waals surface area contributed by atoms with Crippen LogP contribution in [0.15, 0.2) is 27.6 Å². The molecular weight excluding hydrogens is 354 g/mol. The Morgan fingerprint density at radius 2 is 2.14 bits per heavy atom. The summed E-state index contributed by atoms with van der Waals surface area (Å²) in [5.74, 6) is 0.617. The van der Waals surface area contributed by atoms with Gasteiger partial charge < -0.3 is 5.11 Å². The predicted molar refractivity (Wildman–Crippen MR) is 86.4 cm³/mol. The van der Waals surface area contributed by atoms with Crippen molar-refractivity contribution >= 4 is 26.0 Å². The number of hydrogen-bond donors (Lipinski definition) is 2. The van der Waals surface area contributed by atoms with Crippen LogP contribution in [0.1, 0.15) is 44.6 Å². The third-order valence-electron chi connectivity index (χ3n) is 4.15. The molecule has 21 heavy (non-hydrogen) atoms.